The maximum Gasteiger partial charge on any atom is 0.232 e. The first-order valence-electron chi connectivity index (χ1n) is 8.27. The van der Waals surface area contributed by atoms with Gasteiger partial charge in [-0.1, -0.05) is 24.3 Å². The van der Waals surface area contributed by atoms with Crippen molar-refractivity contribution < 1.29 is 13.9 Å². The zero-order valence-electron chi connectivity index (χ0n) is 13.3. The number of hydrogen-bond donors (Lipinski definition) is 2. The molecular formula is C19H19FN2O2. The Morgan fingerprint density at radius 2 is 2.12 bits per heavy atom. The summed E-state index contributed by atoms with van der Waals surface area (Å²) >= 11 is 0. The number of nitrogens with one attached hydrogen (secondary N) is 2. The first kappa shape index (κ1) is 15.1. The lowest BCUT2D eigenvalue weighted by Crippen LogP contribution is -2.28. The first-order valence-corrected chi connectivity index (χ1v) is 8.27. The molecule has 1 unspecified atom stereocenters. The molecule has 0 bridgehead atoms. The lowest BCUT2D eigenvalue weighted by molar-refractivity contribution is -0.118. The number of hydrogen-bond acceptors (Lipinski definition) is 3. The van der Waals surface area contributed by atoms with Gasteiger partial charge in [0, 0.05) is 12.1 Å². The van der Waals surface area contributed by atoms with Crippen molar-refractivity contribution >= 4 is 11.6 Å². The highest BCUT2D eigenvalue weighted by Gasteiger charge is 2.28. The van der Waals surface area contributed by atoms with Gasteiger partial charge in [-0.2, -0.15) is 0 Å². The minimum atomic E-state index is -0.313. The van der Waals surface area contributed by atoms with Gasteiger partial charge in [0.15, 0.2) is 0 Å². The third-order valence-electron chi connectivity index (χ3n) is 4.74. The highest BCUT2D eigenvalue weighted by Crippen LogP contribution is 2.34. The Bertz CT molecular complexity index is 791. The van der Waals surface area contributed by atoms with E-state index in [1.165, 1.54) is 0 Å². The van der Waals surface area contributed by atoms with E-state index in [1.807, 2.05) is 30.3 Å². The molecule has 0 saturated heterocycles. The van der Waals surface area contributed by atoms with Crippen LogP contribution in [0.5, 0.6) is 5.75 Å². The number of fused-ring (bicyclic) bond motifs is 2. The molecule has 0 aromatic heterocycles. The number of benzene rings is 2. The SMILES string of the molecule is O=C(Nc1ccc2c(c1F)CCNC2)C1CCOc2ccccc21. The minimum Gasteiger partial charge on any atom is -0.493 e. The number of ether oxygens (including phenoxy) is 1. The molecule has 124 valence electrons. The Morgan fingerprint density at radius 3 is 3.04 bits per heavy atom. The quantitative estimate of drug-likeness (QED) is 0.892. The number of rotatable bonds is 2. The number of para-hydroxylation sites is 1. The van der Waals surface area contributed by atoms with Gasteiger partial charge in [-0.3, -0.25) is 4.79 Å². The van der Waals surface area contributed by atoms with Crippen LogP contribution in [0.4, 0.5) is 10.1 Å². The van der Waals surface area contributed by atoms with Crippen molar-refractivity contribution in [1.82, 2.24) is 5.32 Å². The van der Waals surface area contributed by atoms with Crippen LogP contribution in [-0.2, 0) is 17.8 Å². The fourth-order valence-electron chi connectivity index (χ4n) is 3.46. The van der Waals surface area contributed by atoms with E-state index in [0.717, 1.165) is 23.4 Å². The lowest BCUT2D eigenvalue weighted by atomic mass is 9.92. The Hall–Kier alpha value is -2.40. The van der Waals surface area contributed by atoms with Crippen LogP contribution >= 0.6 is 0 Å². The van der Waals surface area contributed by atoms with Crippen LogP contribution < -0.4 is 15.4 Å². The van der Waals surface area contributed by atoms with Gasteiger partial charge in [0.05, 0.1) is 18.2 Å². The van der Waals surface area contributed by atoms with Crippen LogP contribution in [0.3, 0.4) is 0 Å². The molecule has 1 amide bonds. The molecular weight excluding hydrogens is 307 g/mol. The van der Waals surface area contributed by atoms with E-state index in [2.05, 4.69) is 10.6 Å². The van der Waals surface area contributed by atoms with Crippen molar-refractivity contribution in [2.45, 2.75) is 25.3 Å². The van der Waals surface area contributed by atoms with E-state index < -0.39 is 0 Å². The number of amides is 1. The summed E-state index contributed by atoms with van der Waals surface area (Å²) in [6.07, 6.45) is 1.24. The molecule has 5 heteroatoms. The van der Waals surface area contributed by atoms with Crippen LogP contribution in [0.1, 0.15) is 29.0 Å². The third kappa shape index (κ3) is 2.65. The average Bonchev–Trinajstić information content (AvgIpc) is 2.63. The van der Waals surface area contributed by atoms with Crippen LogP contribution in [0.2, 0.25) is 0 Å². The molecule has 24 heavy (non-hydrogen) atoms. The van der Waals surface area contributed by atoms with Gasteiger partial charge in [-0.25, -0.2) is 4.39 Å². The summed E-state index contributed by atoms with van der Waals surface area (Å²) in [4.78, 5) is 12.7. The molecule has 0 spiro atoms. The number of anilines is 1. The van der Waals surface area contributed by atoms with Crippen molar-refractivity contribution in [2.24, 2.45) is 0 Å². The zero-order chi connectivity index (χ0) is 16.5. The fraction of sp³-hybridized carbons (Fsp3) is 0.316. The van der Waals surface area contributed by atoms with E-state index in [1.54, 1.807) is 6.07 Å². The van der Waals surface area contributed by atoms with E-state index >= 15 is 0 Å². The van der Waals surface area contributed by atoms with E-state index in [9.17, 15) is 9.18 Å². The third-order valence-corrected chi connectivity index (χ3v) is 4.74. The molecule has 4 nitrogen and oxygen atoms in total. The minimum absolute atomic E-state index is 0.182. The molecule has 2 aromatic carbocycles. The van der Waals surface area contributed by atoms with Gasteiger partial charge >= 0.3 is 0 Å². The van der Waals surface area contributed by atoms with Gasteiger partial charge in [0.25, 0.3) is 0 Å². The van der Waals surface area contributed by atoms with Gasteiger partial charge in [-0.15, -0.1) is 0 Å². The number of halogens is 1. The normalized spacial score (nSPS) is 19.0. The second-order valence-electron chi connectivity index (χ2n) is 6.21. The van der Waals surface area contributed by atoms with Crippen LogP contribution in [0.25, 0.3) is 0 Å². The van der Waals surface area contributed by atoms with Crippen molar-refractivity contribution in [3.63, 3.8) is 0 Å². The van der Waals surface area contributed by atoms with E-state index in [0.29, 0.717) is 31.6 Å². The fourth-order valence-corrected chi connectivity index (χ4v) is 3.46. The highest BCUT2D eigenvalue weighted by atomic mass is 19.1. The second kappa shape index (κ2) is 6.24. The Kier molecular flexibility index (Phi) is 3.94. The van der Waals surface area contributed by atoms with Crippen molar-refractivity contribution in [2.75, 3.05) is 18.5 Å². The summed E-state index contributed by atoms with van der Waals surface area (Å²) in [5.74, 6) is -0.0610. The molecule has 0 fully saturated rings. The topological polar surface area (TPSA) is 50.4 Å². The molecule has 2 aliphatic heterocycles. The zero-order valence-corrected chi connectivity index (χ0v) is 13.3. The van der Waals surface area contributed by atoms with Crippen molar-refractivity contribution in [3.8, 4) is 5.75 Å². The lowest BCUT2D eigenvalue weighted by Gasteiger charge is -2.25. The van der Waals surface area contributed by atoms with Crippen LogP contribution in [0.15, 0.2) is 36.4 Å². The molecule has 2 N–H and O–H groups in total. The maximum absolute atomic E-state index is 14.7. The Labute approximate surface area is 140 Å². The predicted octanol–water partition coefficient (Wildman–Crippen LogP) is 2.98. The maximum atomic E-state index is 14.7. The van der Waals surface area contributed by atoms with Crippen molar-refractivity contribution in [1.29, 1.82) is 0 Å². The smallest absolute Gasteiger partial charge is 0.232 e. The predicted molar refractivity (Wildman–Crippen MR) is 89.7 cm³/mol. The van der Waals surface area contributed by atoms with E-state index in [4.69, 9.17) is 4.74 Å². The summed E-state index contributed by atoms with van der Waals surface area (Å²) < 4.78 is 20.3. The summed E-state index contributed by atoms with van der Waals surface area (Å²) in [6.45, 7) is 1.93. The molecule has 2 aliphatic rings. The average molecular weight is 326 g/mol. The summed E-state index contributed by atoms with van der Waals surface area (Å²) in [5, 5.41) is 6.00. The van der Waals surface area contributed by atoms with Gasteiger partial charge in [0.1, 0.15) is 11.6 Å². The number of carbonyl (C=O) groups is 1. The first-order chi connectivity index (χ1) is 11.7. The largest absolute Gasteiger partial charge is 0.493 e. The van der Waals surface area contributed by atoms with Gasteiger partial charge in [-0.05, 0) is 42.6 Å². The summed E-state index contributed by atoms with van der Waals surface area (Å²) in [6, 6.07) is 11.1. The van der Waals surface area contributed by atoms with Gasteiger partial charge in [0.2, 0.25) is 5.91 Å². The molecule has 1 atom stereocenters. The molecule has 0 radical (unpaired) electrons. The Morgan fingerprint density at radius 1 is 1.25 bits per heavy atom. The molecule has 0 saturated carbocycles. The molecule has 2 heterocycles. The Balaban J connectivity index is 1.59. The molecule has 0 aliphatic carbocycles. The summed E-state index contributed by atoms with van der Waals surface area (Å²) in [5.41, 5.74) is 2.81. The monoisotopic (exact) mass is 326 g/mol. The standard InChI is InChI=1S/C19H19FN2O2/c20-18-13-7-9-21-11-12(13)5-6-16(18)22-19(23)15-8-10-24-17-4-2-1-3-14(15)17/h1-6,15,21H,7-11H2,(H,22,23). The van der Waals surface area contributed by atoms with Crippen molar-refractivity contribution in [3.05, 3.63) is 58.9 Å². The highest BCUT2D eigenvalue weighted by molar-refractivity contribution is 5.96. The summed E-state index contributed by atoms with van der Waals surface area (Å²) in [7, 11) is 0. The van der Waals surface area contributed by atoms with Crippen LogP contribution in [-0.4, -0.2) is 19.1 Å². The van der Waals surface area contributed by atoms with E-state index in [-0.39, 0.29) is 23.3 Å². The molecule has 4 rings (SSSR count). The molecule has 2 aromatic rings. The van der Waals surface area contributed by atoms with Crippen LogP contribution in [0, 0.1) is 5.82 Å². The second-order valence-corrected chi connectivity index (χ2v) is 6.21. The number of carbonyl (C=O) groups excluding carboxylic acids is 1. The van der Waals surface area contributed by atoms with Gasteiger partial charge < -0.3 is 15.4 Å².